The minimum absolute atomic E-state index is 0.0940. The molecule has 5 nitrogen and oxygen atoms in total. The van der Waals surface area contributed by atoms with Crippen molar-refractivity contribution in [3.63, 3.8) is 0 Å². The predicted molar refractivity (Wildman–Crippen MR) is 67.5 cm³/mol. The Hall–Kier alpha value is -1.77. The summed E-state index contributed by atoms with van der Waals surface area (Å²) in [5, 5.41) is 11.5. The van der Waals surface area contributed by atoms with Gasteiger partial charge in [0.2, 0.25) is 5.91 Å². The van der Waals surface area contributed by atoms with Gasteiger partial charge in [-0.3, -0.25) is 14.9 Å². The van der Waals surface area contributed by atoms with Crippen LogP contribution in [0.3, 0.4) is 0 Å². The van der Waals surface area contributed by atoms with Crippen LogP contribution in [0, 0.1) is 10.1 Å². The lowest BCUT2D eigenvalue weighted by molar-refractivity contribution is -0.384. The second kappa shape index (κ2) is 6.60. The zero-order valence-corrected chi connectivity index (χ0v) is 11.1. The summed E-state index contributed by atoms with van der Waals surface area (Å²) >= 11 is 1.02. The minimum atomic E-state index is -4.45. The average molecular weight is 308 g/mol. The van der Waals surface area contributed by atoms with Gasteiger partial charge in [-0.1, -0.05) is 0 Å². The molecule has 0 aliphatic rings. The van der Waals surface area contributed by atoms with Crippen molar-refractivity contribution >= 4 is 23.4 Å². The van der Waals surface area contributed by atoms with E-state index in [1.807, 2.05) is 0 Å². The van der Waals surface area contributed by atoms with Gasteiger partial charge < -0.3 is 5.32 Å². The summed E-state index contributed by atoms with van der Waals surface area (Å²) in [4.78, 5) is 21.9. The topological polar surface area (TPSA) is 72.2 Å². The average Bonchev–Trinajstić information content (AvgIpc) is 2.35. The molecular formula is C11H11F3N2O3S. The quantitative estimate of drug-likeness (QED) is 0.516. The first-order valence-electron chi connectivity index (χ1n) is 5.44. The first kappa shape index (κ1) is 16.3. The summed E-state index contributed by atoms with van der Waals surface area (Å²) in [6.45, 7) is 0.0782. The molecule has 0 aromatic heterocycles. The van der Waals surface area contributed by atoms with Crippen molar-refractivity contribution in [2.45, 2.75) is 23.2 Å². The van der Waals surface area contributed by atoms with E-state index in [0.717, 1.165) is 11.8 Å². The number of rotatable bonds is 5. The van der Waals surface area contributed by atoms with E-state index in [4.69, 9.17) is 0 Å². The number of hydrogen-bond acceptors (Lipinski definition) is 4. The summed E-state index contributed by atoms with van der Waals surface area (Å²) < 4.78 is 35.8. The molecule has 1 N–H and O–H groups in total. The third-order valence-corrected chi connectivity index (χ3v) is 3.30. The van der Waals surface area contributed by atoms with Crippen LogP contribution in [0.4, 0.5) is 18.9 Å². The molecule has 0 aliphatic carbocycles. The van der Waals surface area contributed by atoms with Crippen LogP contribution in [0.25, 0.3) is 0 Å². The van der Waals surface area contributed by atoms with Crippen LogP contribution < -0.4 is 5.32 Å². The van der Waals surface area contributed by atoms with Crippen LogP contribution in [0.2, 0.25) is 0 Å². The van der Waals surface area contributed by atoms with Gasteiger partial charge in [-0.15, -0.1) is 11.8 Å². The van der Waals surface area contributed by atoms with E-state index >= 15 is 0 Å². The molecule has 1 rings (SSSR count). The Kier molecular flexibility index (Phi) is 5.37. The number of carbonyl (C=O) groups excluding carboxylic acids is 1. The standard InChI is InChI=1S/C11H11F3N2O3S/c1-7(10(17)15-6-11(12,13)14)20-9-4-2-8(3-5-9)16(18)19/h2-5,7H,6H2,1H3,(H,15,17). The fourth-order valence-corrected chi connectivity index (χ4v) is 2.13. The number of nitro groups is 1. The van der Waals surface area contributed by atoms with Gasteiger partial charge in [-0.05, 0) is 19.1 Å². The molecule has 0 heterocycles. The SMILES string of the molecule is CC(Sc1ccc([N+](=O)[O-])cc1)C(=O)NCC(F)(F)F. The third-order valence-electron chi connectivity index (χ3n) is 2.19. The Bertz CT molecular complexity index is 491. The molecule has 0 spiro atoms. The maximum Gasteiger partial charge on any atom is 0.405 e. The van der Waals surface area contributed by atoms with Gasteiger partial charge in [0.15, 0.2) is 0 Å². The number of nitrogens with zero attached hydrogens (tertiary/aromatic N) is 1. The molecule has 20 heavy (non-hydrogen) atoms. The number of carbonyl (C=O) groups is 1. The van der Waals surface area contributed by atoms with E-state index in [0.29, 0.717) is 4.90 Å². The number of halogens is 3. The van der Waals surface area contributed by atoms with E-state index in [1.54, 1.807) is 5.32 Å². The van der Waals surface area contributed by atoms with Crippen molar-refractivity contribution < 1.29 is 22.9 Å². The lowest BCUT2D eigenvalue weighted by Crippen LogP contribution is -2.37. The van der Waals surface area contributed by atoms with Crippen molar-refractivity contribution in [3.05, 3.63) is 34.4 Å². The van der Waals surface area contributed by atoms with E-state index in [9.17, 15) is 28.1 Å². The fraction of sp³-hybridized carbons (Fsp3) is 0.364. The smallest absolute Gasteiger partial charge is 0.346 e. The summed E-state index contributed by atoms with van der Waals surface area (Å²) in [5.74, 6) is -0.745. The first-order chi connectivity index (χ1) is 9.19. The van der Waals surface area contributed by atoms with Crippen molar-refractivity contribution in [1.82, 2.24) is 5.32 Å². The van der Waals surface area contributed by atoms with Crippen LogP contribution in [0.5, 0.6) is 0 Å². The Morgan fingerprint density at radius 1 is 1.40 bits per heavy atom. The van der Waals surface area contributed by atoms with Crippen molar-refractivity contribution in [2.24, 2.45) is 0 Å². The molecule has 1 amide bonds. The first-order valence-corrected chi connectivity index (χ1v) is 6.32. The molecule has 1 unspecified atom stereocenters. The molecule has 1 aromatic carbocycles. The maximum atomic E-state index is 11.9. The molecule has 9 heteroatoms. The Morgan fingerprint density at radius 2 is 1.95 bits per heavy atom. The Balaban J connectivity index is 2.55. The van der Waals surface area contributed by atoms with Crippen molar-refractivity contribution in [3.8, 4) is 0 Å². The fourth-order valence-electron chi connectivity index (χ4n) is 1.24. The highest BCUT2D eigenvalue weighted by atomic mass is 32.2. The van der Waals surface area contributed by atoms with Gasteiger partial charge in [-0.25, -0.2) is 0 Å². The highest BCUT2D eigenvalue weighted by molar-refractivity contribution is 8.00. The number of nitrogens with one attached hydrogen (secondary N) is 1. The van der Waals surface area contributed by atoms with E-state index < -0.39 is 28.8 Å². The maximum absolute atomic E-state index is 11.9. The van der Waals surface area contributed by atoms with Crippen molar-refractivity contribution in [1.29, 1.82) is 0 Å². The number of benzene rings is 1. The number of non-ortho nitro benzene ring substituents is 1. The molecule has 110 valence electrons. The molecule has 0 aliphatic heterocycles. The number of amides is 1. The van der Waals surface area contributed by atoms with Crippen LogP contribution >= 0.6 is 11.8 Å². The number of hydrogen-bond donors (Lipinski definition) is 1. The normalized spacial score (nSPS) is 12.8. The zero-order valence-electron chi connectivity index (χ0n) is 10.3. The third kappa shape index (κ3) is 5.47. The highest BCUT2D eigenvalue weighted by Crippen LogP contribution is 2.25. The van der Waals surface area contributed by atoms with E-state index in [2.05, 4.69) is 0 Å². The van der Waals surface area contributed by atoms with E-state index in [1.165, 1.54) is 31.2 Å². The number of alkyl halides is 3. The molecule has 1 aromatic rings. The molecular weight excluding hydrogens is 297 g/mol. The van der Waals surface area contributed by atoms with E-state index in [-0.39, 0.29) is 5.69 Å². The van der Waals surface area contributed by atoms with Gasteiger partial charge in [0.1, 0.15) is 6.54 Å². The van der Waals surface area contributed by atoms with Gasteiger partial charge >= 0.3 is 6.18 Å². The summed E-state index contributed by atoms with van der Waals surface area (Å²) in [5.41, 5.74) is -0.0940. The second-order valence-corrected chi connectivity index (χ2v) is 5.26. The molecule has 0 radical (unpaired) electrons. The molecule has 1 atom stereocenters. The second-order valence-electron chi connectivity index (χ2n) is 3.84. The van der Waals surface area contributed by atoms with Crippen molar-refractivity contribution in [2.75, 3.05) is 6.54 Å². The largest absolute Gasteiger partial charge is 0.405 e. The van der Waals surface area contributed by atoms with Crippen LogP contribution in [-0.4, -0.2) is 28.8 Å². The summed E-state index contributed by atoms with van der Waals surface area (Å²) in [6.07, 6.45) is -4.45. The Morgan fingerprint density at radius 3 is 2.40 bits per heavy atom. The lowest BCUT2D eigenvalue weighted by Gasteiger charge is -2.13. The molecule has 0 saturated heterocycles. The molecule has 0 saturated carbocycles. The lowest BCUT2D eigenvalue weighted by atomic mass is 10.3. The molecule has 0 bridgehead atoms. The molecule has 0 fully saturated rings. The highest BCUT2D eigenvalue weighted by Gasteiger charge is 2.28. The number of nitro benzene ring substituents is 1. The van der Waals surface area contributed by atoms with Crippen LogP contribution in [0.15, 0.2) is 29.2 Å². The van der Waals surface area contributed by atoms with Gasteiger partial charge in [0.05, 0.1) is 10.2 Å². The van der Waals surface area contributed by atoms with Crippen LogP contribution in [-0.2, 0) is 4.79 Å². The van der Waals surface area contributed by atoms with Gasteiger partial charge in [0.25, 0.3) is 5.69 Å². The summed E-state index contributed by atoms with van der Waals surface area (Å²) in [7, 11) is 0. The minimum Gasteiger partial charge on any atom is -0.346 e. The Labute approximate surface area is 116 Å². The summed E-state index contributed by atoms with van der Waals surface area (Å²) in [6, 6.07) is 5.41. The van der Waals surface area contributed by atoms with Gasteiger partial charge in [-0.2, -0.15) is 13.2 Å². The number of thioether (sulfide) groups is 1. The monoisotopic (exact) mass is 308 g/mol. The zero-order chi connectivity index (χ0) is 15.3. The van der Waals surface area contributed by atoms with Crippen LogP contribution in [0.1, 0.15) is 6.92 Å². The van der Waals surface area contributed by atoms with Gasteiger partial charge in [0, 0.05) is 17.0 Å². The predicted octanol–water partition coefficient (Wildman–Crippen LogP) is 2.75.